The summed E-state index contributed by atoms with van der Waals surface area (Å²) in [5, 5.41) is 3.85. The van der Waals surface area contributed by atoms with Gasteiger partial charge in [0.2, 0.25) is 0 Å². The molecule has 2 nitrogen and oxygen atoms in total. The molecule has 0 spiro atoms. The smallest absolute Gasteiger partial charge is 0.119 e. The van der Waals surface area contributed by atoms with Crippen LogP contribution >= 0.6 is 0 Å². The maximum absolute atomic E-state index is 5.41. The molecule has 4 rings (SSSR count). The van der Waals surface area contributed by atoms with E-state index in [-0.39, 0.29) is 0 Å². The Hall–Kier alpha value is -1.02. The highest BCUT2D eigenvalue weighted by Gasteiger charge is 2.48. The molecule has 2 heteroatoms. The highest BCUT2D eigenvalue weighted by molar-refractivity contribution is 5.40. The SMILES string of the molecule is COc1ccc2c(c1)CC[C@@H]1[C@@H]2CC[C@]2(C)NCCC[C@@H]12. The lowest BCUT2D eigenvalue weighted by molar-refractivity contribution is 0.0401. The molecular formula is C19H27NO. The van der Waals surface area contributed by atoms with Gasteiger partial charge >= 0.3 is 0 Å². The monoisotopic (exact) mass is 285 g/mol. The van der Waals surface area contributed by atoms with Gasteiger partial charge in [-0.2, -0.15) is 0 Å². The highest BCUT2D eigenvalue weighted by atomic mass is 16.5. The van der Waals surface area contributed by atoms with Crippen LogP contribution in [0.2, 0.25) is 0 Å². The first-order chi connectivity index (χ1) is 10.2. The van der Waals surface area contributed by atoms with Crippen molar-refractivity contribution in [3.63, 3.8) is 0 Å². The Kier molecular flexibility index (Phi) is 3.25. The minimum atomic E-state index is 0.406. The van der Waals surface area contributed by atoms with Gasteiger partial charge in [0.15, 0.2) is 0 Å². The maximum Gasteiger partial charge on any atom is 0.119 e. The molecule has 1 saturated heterocycles. The van der Waals surface area contributed by atoms with Crippen molar-refractivity contribution in [2.24, 2.45) is 11.8 Å². The fourth-order valence-corrected chi connectivity index (χ4v) is 5.45. The van der Waals surface area contributed by atoms with Gasteiger partial charge in [-0.1, -0.05) is 6.07 Å². The second-order valence-corrected chi connectivity index (χ2v) is 7.51. The van der Waals surface area contributed by atoms with Gasteiger partial charge in [-0.15, -0.1) is 0 Å². The van der Waals surface area contributed by atoms with Crippen LogP contribution in [-0.4, -0.2) is 19.2 Å². The van der Waals surface area contributed by atoms with Crippen LogP contribution in [0, 0.1) is 11.8 Å². The van der Waals surface area contributed by atoms with Crippen LogP contribution in [0.25, 0.3) is 0 Å². The minimum Gasteiger partial charge on any atom is -0.497 e. The maximum atomic E-state index is 5.41. The summed E-state index contributed by atoms with van der Waals surface area (Å²) in [7, 11) is 1.77. The van der Waals surface area contributed by atoms with Gasteiger partial charge < -0.3 is 10.1 Å². The van der Waals surface area contributed by atoms with Gasteiger partial charge in [0, 0.05) is 5.54 Å². The fraction of sp³-hybridized carbons (Fsp3) is 0.684. The van der Waals surface area contributed by atoms with Crippen molar-refractivity contribution in [3.8, 4) is 5.75 Å². The number of methoxy groups -OCH3 is 1. The largest absolute Gasteiger partial charge is 0.497 e. The molecular weight excluding hydrogens is 258 g/mol. The first-order valence-electron chi connectivity index (χ1n) is 8.63. The molecule has 3 aliphatic rings. The molecule has 4 atom stereocenters. The van der Waals surface area contributed by atoms with E-state index < -0.39 is 0 Å². The molecule has 1 aromatic carbocycles. The number of piperidine rings is 1. The molecule has 0 unspecified atom stereocenters. The number of benzene rings is 1. The summed E-state index contributed by atoms with van der Waals surface area (Å²) in [6.45, 7) is 3.70. The lowest BCUT2D eigenvalue weighted by atomic mass is 9.56. The van der Waals surface area contributed by atoms with E-state index in [0.717, 1.165) is 23.5 Å². The molecule has 1 aromatic rings. The minimum absolute atomic E-state index is 0.406. The van der Waals surface area contributed by atoms with Crippen molar-refractivity contribution in [2.45, 2.75) is 56.9 Å². The average molecular weight is 285 g/mol. The predicted octanol–water partition coefficient (Wildman–Crippen LogP) is 3.89. The van der Waals surface area contributed by atoms with E-state index in [4.69, 9.17) is 4.74 Å². The normalized spacial score (nSPS) is 38.1. The Bertz CT molecular complexity index is 540. The third kappa shape index (κ3) is 2.11. The van der Waals surface area contributed by atoms with E-state index in [2.05, 4.69) is 30.4 Å². The molecule has 0 aromatic heterocycles. The van der Waals surface area contributed by atoms with E-state index in [1.807, 2.05) is 0 Å². The molecule has 1 heterocycles. The summed E-state index contributed by atoms with van der Waals surface area (Å²) in [5.41, 5.74) is 3.58. The Labute approximate surface area is 128 Å². The third-order valence-electron chi connectivity index (χ3n) is 6.54. The lowest BCUT2D eigenvalue weighted by Crippen LogP contribution is -2.58. The van der Waals surface area contributed by atoms with E-state index in [0.29, 0.717) is 5.54 Å². The first-order valence-corrected chi connectivity index (χ1v) is 8.63. The van der Waals surface area contributed by atoms with Crippen LogP contribution in [0.3, 0.4) is 0 Å². The number of hydrogen-bond acceptors (Lipinski definition) is 2. The number of hydrogen-bond donors (Lipinski definition) is 1. The van der Waals surface area contributed by atoms with E-state index >= 15 is 0 Å². The van der Waals surface area contributed by atoms with Crippen molar-refractivity contribution >= 4 is 0 Å². The van der Waals surface area contributed by atoms with Gasteiger partial charge in [0.25, 0.3) is 0 Å². The third-order valence-corrected chi connectivity index (χ3v) is 6.54. The molecule has 114 valence electrons. The number of ether oxygens (including phenoxy) is 1. The molecule has 2 aliphatic carbocycles. The summed E-state index contributed by atoms with van der Waals surface area (Å²) in [4.78, 5) is 0. The van der Waals surface area contributed by atoms with E-state index in [1.165, 1.54) is 45.1 Å². The second kappa shape index (κ2) is 5.01. The molecule has 1 N–H and O–H groups in total. The Morgan fingerprint density at radius 2 is 2.14 bits per heavy atom. The van der Waals surface area contributed by atoms with Crippen molar-refractivity contribution in [1.82, 2.24) is 5.32 Å². The first kappa shape index (κ1) is 13.6. The van der Waals surface area contributed by atoms with E-state index in [1.54, 1.807) is 18.2 Å². The Morgan fingerprint density at radius 3 is 3.00 bits per heavy atom. The Morgan fingerprint density at radius 1 is 1.24 bits per heavy atom. The molecule has 0 radical (unpaired) electrons. The van der Waals surface area contributed by atoms with Gasteiger partial charge in [-0.25, -0.2) is 0 Å². The van der Waals surface area contributed by atoms with Crippen LogP contribution in [0.4, 0.5) is 0 Å². The summed E-state index contributed by atoms with van der Waals surface area (Å²) in [5.74, 6) is 3.57. The fourth-order valence-electron chi connectivity index (χ4n) is 5.45. The van der Waals surface area contributed by atoms with Crippen LogP contribution in [-0.2, 0) is 6.42 Å². The molecule has 0 bridgehead atoms. The van der Waals surface area contributed by atoms with Gasteiger partial charge in [-0.05, 0) is 93.0 Å². The van der Waals surface area contributed by atoms with Crippen LogP contribution < -0.4 is 10.1 Å². The predicted molar refractivity (Wildman–Crippen MR) is 85.9 cm³/mol. The second-order valence-electron chi connectivity index (χ2n) is 7.51. The highest BCUT2D eigenvalue weighted by Crippen LogP contribution is 2.53. The summed E-state index contributed by atoms with van der Waals surface area (Å²) in [6, 6.07) is 6.79. The Balaban J connectivity index is 1.67. The number of fused-ring (bicyclic) bond motifs is 5. The number of aryl methyl sites for hydroxylation is 1. The zero-order chi connectivity index (χ0) is 14.4. The summed E-state index contributed by atoms with van der Waals surface area (Å²) < 4.78 is 5.41. The lowest BCUT2D eigenvalue weighted by Gasteiger charge is -2.54. The van der Waals surface area contributed by atoms with Crippen molar-refractivity contribution < 1.29 is 4.74 Å². The molecule has 0 amide bonds. The molecule has 1 saturated carbocycles. The standard InChI is InChI=1S/C19H27NO/c1-19-10-9-16-15-8-6-14(21-2)12-13(15)5-7-17(16)18(19)4-3-11-20-19/h6,8,12,16-18,20H,3-5,7,9-11H2,1-2H3/t16-,17-,18+,19+/m1/s1. The number of rotatable bonds is 1. The molecule has 21 heavy (non-hydrogen) atoms. The van der Waals surface area contributed by atoms with Crippen LogP contribution in [0.5, 0.6) is 5.75 Å². The topological polar surface area (TPSA) is 21.3 Å². The van der Waals surface area contributed by atoms with E-state index in [9.17, 15) is 0 Å². The van der Waals surface area contributed by atoms with Gasteiger partial charge in [0.1, 0.15) is 5.75 Å². The summed E-state index contributed by atoms with van der Waals surface area (Å²) in [6.07, 6.45) is 8.08. The van der Waals surface area contributed by atoms with Gasteiger partial charge in [0.05, 0.1) is 7.11 Å². The van der Waals surface area contributed by atoms with Crippen LogP contribution in [0.15, 0.2) is 18.2 Å². The van der Waals surface area contributed by atoms with Crippen LogP contribution in [0.1, 0.15) is 56.1 Å². The number of nitrogens with one attached hydrogen (secondary N) is 1. The van der Waals surface area contributed by atoms with Crippen molar-refractivity contribution in [1.29, 1.82) is 0 Å². The van der Waals surface area contributed by atoms with Crippen molar-refractivity contribution in [3.05, 3.63) is 29.3 Å². The van der Waals surface area contributed by atoms with Crippen molar-refractivity contribution in [2.75, 3.05) is 13.7 Å². The zero-order valence-corrected chi connectivity index (χ0v) is 13.3. The molecule has 1 aliphatic heterocycles. The summed E-state index contributed by atoms with van der Waals surface area (Å²) >= 11 is 0. The quantitative estimate of drug-likeness (QED) is 0.845. The molecule has 2 fully saturated rings. The van der Waals surface area contributed by atoms with Gasteiger partial charge in [-0.3, -0.25) is 0 Å². The average Bonchev–Trinajstić information content (AvgIpc) is 2.53. The zero-order valence-electron chi connectivity index (χ0n) is 13.3.